The predicted octanol–water partition coefficient (Wildman–Crippen LogP) is 2.94. The molecule has 1 N–H and O–H groups in total. The molecule has 0 fully saturated rings. The number of ether oxygens (including phenoxy) is 1. The topological polar surface area (TPSA) is 56.1 Å². The molecule has 1 amide bonds. The lowest BCUT2D eigenvalue weighted by Crippen LogP contribution is -2.17. The van der Waals surface area contributed by atoms with Gasteiger partial charge in [-0.3, -0.25) is 10.1 Å². The molecule has 0 bridgehead atoms. The number of imidazole rings is 1. The molecular weight excluding hydrogens is 266 g/mol. The molecule has 1 aromatic heterocycles. The molecule has 5 heteroatoms. The van der Waals surface area contributed by atoms with Crippen molar-refractivity contribution in [2.75, 3.05) is 12.4 Å². The zero-order chi connectivity index (χ0) is 15.2. The summed E-state index contributed by atoms with van der Waals surface area (Å²) < 4.78 is 7.03. The van der Waals surface area contributed by atoms with Crippen LogP contribution in [0, 0.1) is 5.92 Å². The molecule has 0 saturated carbocycles. The first-order chi connectivity index (χ1) is 10.1. The number of hydrogen-bond donors (Lipinski definition) is 1. The molecule has 0 aliphatic carbocycles. The predicted molar refractivity (Wildman–Crippen MR) is 82.2 cm³/mol. The molecule has 0 radical (unpaired) electrons. The van der Waals surface area contributed by atoms with Crippen molar-refractivity contribution in [3.63, 3.8) is 0 Å². The Morgan fingerprint density at radius 1 is 1.43 bits per heavy atom. The molecule has 0 saturated heterocycles. The van der Waals surface area contributed by atoms with Crippen molar-refractivity contribution < 1.29 is 9.53 Å². The van der Waals surface area contributed by atoms with Crippen molar-refractivity contribution in [2.45, 2.75) is 27.0 Å². The van der Waals surface area contributed by atoms with E-state index >= 15 is 0 Å². The molecule has 1 heterocycles. The second kappa shape index (κ2) is 7.04. The number of anilines is 1. The van der Waals surface area contributed by atoms with E-state index < -0.39 is 0 Å². The molecule has 2 rings (SSSR count). The largest absolute Gasteiger partial charge is 0.380 e. The minimum Gasteiger partial charge on any atom is -0.380 e. The molecule has 0 aliphatic rings. The highest BCUT2D eigenvalue weighted by molar-refractivity contribution is 6.03. The van der Waals surface area contributed by atoms with Crippen LogP contribution < -0.4 is 5.32 Å². The average Bonchev–Trinajstić information content (AvgIpc) is 2.86. The molecular formula is C16H21N3O2. The third-order valence-electron chi connectivity index (χ3n) is 3.00. The lowest BCUT2D eigenvalue weighted by molar-refractivity contribution is 0.102. The third kappa shape index (κ3) is 4.16. The lowest BCUT2D eigenvalue weighted by Gasteiger charge is -2.11. The molecule has 21 heavy (non-hydrogen) atoms. The first kappa shape index (κ1) is 15.3. The number of carbonyl (C=O) groups excluding carboxylic acids is 1. The molecule has 5 nitrogen and oxygen atoms in total. The fraction of sp³-hybridized carbons (Fsp3) is 0.375. The van der Waals surface area contributed by atoms with E-state index in [0.29, 0.717) is 24.0 Å². The summed E-state index contributed by atoms with van der Waals surface area (Å²) in [4.78, 5) is 16.5. The van der Waals surface area contributed by atoms with Crippen LogP contribution in [0.1, 0.15) is 29.8 Å². The smallest absolute Gasteiger partial charge is 0.257 e. The maximum absolute atomic E-state index is 12.3. The zero-order valence-electron chi connectivity index (χ0n) is 12.7. The second-order valence-electron chi connectivity index (χ2n) is 5.38. The van der Waals surface area contributed by atoms with E-state index in [1.54, 1.807) is 19.4 Å². The Bertz CT molecular complexity index is 605. The van der Waals surface area contributed by atoms with Gasteiger partial charge >= 0.3 is 0 Å². The van der Waals surface area contributed by atoms with Crippen molar-refractivity contribution >= 4 is 11.9 Å². The van der Waals surface area contributed by atoms with Gasteiger partial charge in [0.2, 0.25) is 5.95 Å². The fourth-order valence-corrected chi connectivity index (χ4v) is 2.12. The highest BCUT2D eigenvalue weighted by atomic mass is 16.5. The molecule has 0 unspecified atom stereocenters. The van der Waals surface area contributed by atoms with Crippen molar-refractivity contribution in [3.05, 3.63) is 47.8 Å². The minimum atomic E-state index is -0.163. The molecule has 0 atom stereocenters. The highest BCUT2D eigenvalue weighted by Crippen LogP contribution is 2.12. The number of rotatable bonds is 6. The maximum atomic E-state index is 12.3. The van der Waals surface area contributed by atoms with Crippen LogP contribution in [0.4, 0.5) is 5.95 Å². The minimum absolute atomic E-state index is 0.163. The Hall–Kier alpha value is -2.14. The summed E-state index contributed by atoms with van der Waals surface area (Å²) in [6.45, 7) is 5.56. The van der Waals surface area contributed by atoms with Crippen LogP contribution in [0.5, 0.6) is 0 Å². The Kier molecular flexibility index (Phi) is 5.11. The molecule has 112 valence electrons. The van der Waals surface area contributed by atoms with E-state index in [-0.39, 0.29) is 5.91 Å². The van der Waals surface area contributed by atoms with E-state index in [1.807, 2.05) is 29.0 Å². The van der Waals surface area contributed by atoms with Crippen molar-refractivity contribution in [1.82, 2.24) is 9.55 Å². The van der Waals surface area contributed by atoms with E-state index in [4.69, 9.17) is 4.74 Å². The van der Waals surface area contributed by atoms with Crippen LogP contribution in [0.25, 0.3) is 0 Å². The number of carbonyl (C=O) groups is 1. The SMILES string of the molecule is COCc1cccc(C(=O)Nc2nccn2CC(C)C)c1. The molecule has 2 aromatic rings. The van der Waals surface area contributed by atoms with Gasteiger partial charge in [-0.15, -0.1) is 0 Å². The molecule has 0 spiro atoms. The van der Waals surface area contributed by atoms with Crippen LogP contribution >= 0.6 is 0 Å². The highest BCUT2D eigenvalue weighted by Gasteiger charge is 2.11. The fourth-order valence-electron chi connectivity index (χ4n) is 2.12. The Labute approximate surface area is 125 Å². The summed E-state index contributed by atoms with van der Waals surface area (Å²) in [5.41, 5.74) is 1.57. The van der Waals surface area contributed by atoms with Gasteiger partial charge in [-0.1, -0.05) is 26.0 Å². The van der Waals surface area contributed by atoms with Gasteiger partial charge in [0.1, 0.15) is 0 Å². The monoisotopic (exact) mass is 287 g/mol. The Balaban J connectivity index is 2.11. The summed E-state index contributed by atoms with van der Waals surface area (Å²) in [6.07, 6.45) is 3.57. The van der Waals surface area contributed by atoms with Crippen molar-refractivity contribution in [1.29, 1.82) is 0 Å². The average molecular weight is 287 g/mol. The third-order valence-corrected chi connectivity index (χ3v) is 3.00. The van der Waals surface area contributed by atoms with E-state index in [9.17, 15) is 4.79 Å². The second-order valence-corrected chi connectivity index (χ2v) is 5.38. The van der Waals surface area contributed by atoms with Gasteiger partial charge in [0.25, 0.3) is 5.91 Å². The van der Waals surface area contributed by atoms with Gasteiger partial charge in [0.15, 0.2) is 0 Å². The van der Waals surface area contributed by atoms with E-state index in [0.717, 1.165) is 12.1 Å². The summed E-state index contributed by atoms with van der Waals surface area (Å²) in [6, 6.07) is 7.39. The van der Waals surface area contributed by atoms with Gasteiger partial charge in [0, 0.05) is 31.6 Å². The number of aromatic nitrogens is 2. The van der Waals surface area contributed by atoms with Crippen molar-refractivity contribution in [3.8, 4) is 0 Å². The number of methoxy groups -OCH3 is 1. The first-order valence-corrected chi connectivity index (χ1v) is 7.00. The van der Waals surface area contributed by atoms with E-state index in [2.05, 4.69) is 24.1 Å². The van der Waals surface area contributed by atoms with Gasteiger partial charge in [0.05, 0.1) is 6.61 Å². The quantitative estimate of drug-likeness (QED) is 0.888. The Morgan fingerprint density at radius 2 is 2.24 bits per heavy atom. The molecule has 0 aliphatic heterocycles. The number of nitrogens with one attached hydrogen (secondary N) is 1. The first-order valence-electron chi connectivity index (χ1n) is 7.00. The van der Waals surface area contributed by atoms with Gasteiger partial charge in [-0.05, 0) is 23.6 Å². The Morgan fingerprint density at radius 3 is 2.95 bits per heavy atom. The van der Waals surface area contributed by atoms with Gasteiger partial charge < -0.3 is 9.30 Å². The summed E-state index contributed by atoms with van der Waals surface area (Å²) >= 11 is 0. The van der Waals surface area contributed by atoms with Crippen molar-refractivity contribution in [2.24, 2.45) is 5.92 Å². The lowest BCUT2D eigenvalue weighted by atomic mass is 10.1. The normalized spacial score (nSPS) is 10.9. The van der Waals surface area contributed by atoms with E-state index in [1.165, 1.54) is 0 Å². The van der Waals surface area contributed by atoms with Gasteiger partial charge in [-0.25, -0.2) is 4.98 Å². The standard InChI is InChI=1S/C16H21N3O2/c1-12(2)10-19-8-7-17-16(19)18-15(20)14-6-4-5-13(9-14)11-21-3/h4-9,12H,10-11H2,1-3H3,(H,17,18,20). The number of hydrogen-bond acceptors (Lipinski definition) is 3. The van der Waals surface area contributed by atoms with Gasteiger partial charge in [-0.2, -0.15) is 0 Å². The number of benzene rings is 1. The summed E-state index contributed by atoms with van der Waals surface area (Å²) in [5, 5.41) is 2.85. The van der Waals surface area contributed by atoms with Crippen LogP contribution in [-0.4, -0.2) is 22.6 Å². The van der Waals surface area contributed by atoms with Crippen LogP contribution in [0.15, 0.2) is 36.7 Å². The van der Waals surface area contributed by atoms with Crippen LogP contribution in [-0.2, 0) is 17.9 Å². The van der Waals surface area contributed by atoms with Crippen LogP contribution in [0.2, 0.25) is 0 Å². The summed E-state index contributed by atoms with van der Waals surface area (Å²) in [7, 11) is 1.63. The summed E-state index contributed by atoms with van der Waals surface area (Å²) in [5.74, 6) is 0.898. The van der Waals surface area contributed by atoms with Crippen LogP contribution in [0.3, 0.4) is 0 Å². The zero-order valence-corrected chi connectivity index (χ0v) is 12.7. The number of nitrogens with zero attached hydrogens (tertiary/aromatic N) is 2. The maximum Gasteiger partial charge on any atom is 0.257 e. The number of amides is 1. The molecule has 1 aromatic carbocycles.